The highest BCUT2D eigenvalue weighted by Crippen LogP contribution is 2.00. The molecule has 1 N–H and O–H groups in total. The monoisotopic (exact) mass is 164 g/mol. The molecule has 0 spiro atoms. The zero-order valence-corrected chi connectivity index (χ0v) is 6.36. The minimum Gasteiger partial charge on any atom is -0.442 e. The van der Waals surface area contributed by atoms with E-state index < -0.39 is 6.09 Å². The molecule has 0 heterocycles. The van der Waals surface area contributed by atoms with Crippen molar-refractivity contribution < 1.29 is 9.53 Å². The molecule has 0 aromatic heterocycles. The Morgan fingerprint density at radius 3 is 2.67 bits per heavy atom. The summed E-state index contributed by atoms with van der Waals surface area (Å²) in [5.41, 5.74) is 7.21. The van der Waals surface area contributed by atoms with E-state index in [0.29, 0.717) is 0 Å². The van der Waals surface area contributed by atoms with Crippen LogP contribution in [0.15, 0.2) is 35.4 Å². The van der Waals surface area contributed by atoms with E-state index >= 15 is 0 Å². The summed E-state index contributed by atoms with van der Waals surface area (Å²) in [5, 5.41) is 2.59. The van der Waals surface area contributed by atoms with Crippen LogP contribution in [0.1, 0.15) is 5.56 Å². The van der Waals surface area contributed by atoms with Crippen LogP contribution in [0.3, 0.4) is 0 Å². The van der Waals surface area contributed by atoms with Crippen LogP contribution in [0.4, 0.5) is 4.79 Å². The van der Waals surface area contributed by atoms with E-state index in [4.69, 9.17) is 5.53 Å². The molecule has 1 aromatic carbocycles. The Labute approximate surface area is 69.7 Å². The number of nitrogens with zero attached hydrogens (tertiary/aromatic N) is 1. The second-order valence-corrected chi connectivity index (χ2v) is 2.15. The van der Waals surface area contributed by atoms with Gasteiger partial charge in [-0.3, -0.25) is 0 Å². The zero-order valence-electron chi connectivity index (χ0n) is 6.36. The van der Waals surface area contributed by atoms with Gasteiger partial charge in [-0.25, -0.2) is 4.79 Å². The molecule has 0 radical (unpaired) electrons. The van der Waals surface area contributed by atoms with Crippen LogP contribution >= 0.6 is 0 Å². The molecule has 0 aliphatic carbocycles. The number of amides is 1. The molecular formula is C8H8N2O2. The Kier molecular flexibility index (Phi) is 2.95. The van der Waals surface area contributed by atoms with Gasteiger partial charge < -0.3 is 4.74 Å². The van der Waals surface area contributed by atoms with Crippen molar-refractivity contribution in [2.45, 2.75) is 6.61 Å². The van der Waals surface area contributed by atoms with Crippen LogP contribution in [0, 0.1) is 5.53 Å². The predicted molar refractivity (Wildman–Crippen MR) is 41.8 cm³/mol. The third-order valence-corrected chi connectivity index (χ3v) is 1.30. The Balaban J connectivity index is 2.43. The maximum atomic E-state index is 10.4. The normalized spacial score (nSPS) is 9.00. The van der Waals surface area contributed by atoms with Crippen LogP contribution in [0.25, 0.3) is 0 Å². The van der Waals surface area contributed by atoms with Crippen molar-refractivity contribution in [1.82, 2.24) is 0 Å². The molecular weight excluding hydrogens is 156 g/mol. The molecule has 0 fully saturated rings. The van der Waals surface area contributed by atoms with Crippen molar-refractivity contribution in [3.8, 4) is 0 Å². The van der Waals surface area contributed by atoms with E-state index in [2.05, 4.69) is 9.85 Å². The van der Waals surface area contributed by atoms with Crippen LogP contribution in [0.5, 0.6) is 0 Å². The Hall–Kier alpha value is -1.71. The third-order valence-electron chi connectivity index (χ3n) is 1.30. The number of hydrogen-bond acceptors (Lipinski definition) is 3. The number of rotatable bonds is 2. The highest BCUT2D eigenvalue weighted by atomic mass is 16.5. The maximum absolute atomic E-state index is 10.4. The largest absolute Gasteiger partial charge is 0.452 e. The highest BCUT2D eigenvalue weighted by molar-refractivity contribution is 5.66. The van der Waals surface area contributed by atoms with Crippen molar-refractivity contribution in [3.05, 3.63) is 35.9 Å². The maximum Gasteiger partial charge on any atom is 0.452 e. The van der Waals surface area contributed by atoms with Gasteiger partial charge in [0, 0.05) is 0 Å². The molecule has 0 saturated carbocycles. The average Bonchev–Trinajstić information content (AvgIpc) is 2.16. The quantitative estimate of drug-likeness (QED) is 0.682. The second kappa shape index (κ2) is 4.23. The Bertz CT molecular complexity index is 272. The van der Waals surface area contributed by atoms with Gasteiger partial charge in [0.15, 0.2) is 0 Å². The first-order chi connectivity index (χ1) is 5.83. The summed E-state index contributed by atoms with van der Waals surface area (Å²) in [4.78, 5) is 10.4. The third kappa shape index (κ3) is 2.49. The summed E-state index contributed by atoms with van der Waals surface area (Å²) in [6.45, 7) is 0.169. The van der Waals surface area contributed by atoms with Gasteiger partial charge in [-0.05, 0) is 5.56 Å². The van der Waals surface area contributed by atoms with Crippen molar-refractivity contribution in [3.63, 3.8) is 0 Å². The average molecular weight is 164 g/mol. The number of ether oxygens (including phenoxy) is 1. The molecule has 62 valence electrons. The first-order valence-electron chi connectivity index (χ1n) is 3.41. The van der Waals surface area contributed by atoms with Gasteiger partial charge in [0.1, 0.15) is 6.61 Å². The summed E-state index contributed by atoms with van der Waals surface area (Å²) in [6.07, 6.45) is -0.862. The first-order valence-corrected chi connectivity index (χ1v) is 3.41. The molecule has 0 unspecified atom stereocenters. The topological polar surface area (TPSA) is 62.5 Å². The van der Waals surface area contributed by atoms with E-state index in [0.717, 1.165) is 5.56 Å². The van der Waals surface area contributed by atoms with Crippen LogP contribution in [-0.2, 0) is 11.3 Å². The summed E-state index contributed by atoms with van der Waals surface area (Å²) in [5.74, 6) is 0. The van der Waals surface area contributed by atoms with Gasteiger partial charge >= 0.3 is 6.09 Å². The fourth-order valence-electron chi connectivity index (χ4n) is 0.752. The van der Waals surface area contributed by atoms with Crippen molar-refractivity contribution in [1.29, 1.82) is 5.53 Å². The molecule has 4 nitrogen and oxygen atoms in total. The summed E-state index contributed by atoms with van der Waals surface area (Å²) in [7, 11) is 0. The smallest absolute Gasteiger partial charge is 0.442 e. The number of carbonyl (C=O) groups is 1. The number of nitrogens with one attached hydrogen (secondary N) is 1. The fourth-order valence-corrected chi connectivity index (χ4v) is 0.752. The van der Waals surface area contributed by atoms with E-state index in [1.807, 2.05) is 30.3 Å². The zero-order chi connectivity index (χ0) is 8.81. The minimum absolute atomic E-state index is 0.169. The molecule has 0 aliphatic rings. The number of carbonyl (C=O) groups excluding carboxylic acids is 1. The lowest BCUT2D eigenvalue weighted by Gasteiger charge is -1.98. The van der Waals surface area contributed by atoms with Crippen LogP contribution < -0.4 is 0 Å². The molecule has 1 aromatic rings. The van der Waals surface area contributed by atoms with E-state index in [-0.39, 0.29) is 6.61 Å². The highest BCUT2D eigenvalue weighted by Gasteiger charge is 1.97. The summed E-state index contributed by atoms with van der Waals surface area (Å²) >= 11 is 0. The molecule has 12 heavy (non-hydrogen) atoms. The van der Waals surface area contributed by atoms with Crippen molar-refractivity contribution in [2.75, 3.05) is 0 Å². The van der Waals surface area contributed by atoms with Gasteiger partial charge in [0.05, 0.1) is 0 Å². The molecule has 1 amide bonds. The van der Waals surface area contributed by atoms with E-state index in [1.54, 1.807) is 0 Å². The van der Waals surface area contributed by atoms with Gasteiger partial charge in [-0.15, -0.1) is 0 Å². The molecule has 0 saturated heterocycles. The number of benzene rings is 1. The molecule has 0 atom stereocenters. The second-order valence-electron chi connectivity index (χ2n) is 2.15. The van der Waals surface area contributed by atoms with Crippen molar-refractivity contribution in [2.24, 2.45) is 5.11 Å². The van der Waals surface area contributed by atoms with Gasteiger partial charge in [-0.1, -0.05) is 35.4 Å². The predicted octanol–water partition coefficient (Wildman–Crippen LogP) is 2.35. The van der Waals surface area contributed by atoms with Gasteiger partial charge in [0.2, 0.25) is 0 Å². The van der Waals surface area contributed by atoms with Crippen LogP contribution in [-0.4, -0.2) is 6.09 Å². The summed E-state index contributed by atoms with van der Waals surface area (Å²) < 4.78 is 4.58. The molecule has 4 heteroatoms. The molecule has 1 rings (SSSR count). The Morgan fingerprint density at radius 1 is 1.42 bits per heavy atom. The lowest BCUT2D eigenvalue weighted by molar-refractivity contribution is 0.148. The number of hydrogen-bond donors (Lipinski definition) is 1. The SMILES string of the molecule is N=NC(=O)OCc1ccccc1. The van der Waals surface area contributed by atoms with E-state index in [1.165, 1.54) is 0 Å². The molecule has 0 bridgehead atoms. The van der Waals surface area contributed by atoms with Gasteiger partial charge in [0.25, 0.3) is 0 Å². The first kappa shape index (κ1) is 8.39. The lowest BCUT2D eigenvalue weighted by atomic mass is 10.2. The van der Waals surface area contributed by atoms with Gasteiger partial charge in [-0.2, -0.15) is 5.53 Å². The molecule has 0 aliphatic heterocycles. The fraction of sp³-hybridized carbons (Fsp3) is 0.125. The minimum atomic E-state index is -0.862. The Morgan fingerprint density at radius 2 is 2.08 bits per heavy atom. The van der Waals surface area contributed by atoms with Crippen LogP contribution in [0.2, 0.25) is 0 Å². The lowest BCUT2D eigenvalue weighted by Crippen LogP contribution is -1.97. The standard InChI is InChI=1S/C8H8N2O2/c9-10-8(11)12-6-7-4-2-1-3-5-7/h1-5,9H,6H2. The summed E-state index contributed by atoms with van der Waals surface area (Å²) in [6, 6.07) is 9.23. The van der Waals surface area contributed by atoms with Crippen molar-refractivity contribution >= 4 is 6.09 Å². The van der Waals surface area contributed by atoms with E-state index in [9.17, 15) is 4.79 Å².